The lowest BCUT2D eigenvalue weighted by atomic mass is 10.1. The van der Waals surface area contributed by atoms with Crippen LogP contribution in [0.3, 0.4) is 0 Å². The van der Waals surface area contributed by atoms with Gasteiger partial charge in [0.25, 0.3) is 0 Å². The van der Waals surface area contributed by atoms with Gasteiger partial charge in [-0.1, -0.05) is 0 Å². The Bertz CT molecular complexity index is 616. The molecule has 0 radical (unpaired) electrons. The first kappa shape index (κ1) is 12.3. The van der Waals surface area contributed by atoms with E-state index in [4.69, 9.17) is 5.11 Å². The molecule has 0 amide bonds. The van der Waals surface area contributed by atoms with Crippen molar-refractivity contribution in [1.82, 2.24) is 4.98 Å². The third kappa shape index (κ3) is 2.39. The molecule has 0 fully saturated rings. The maximum absolute atomic E-state index is 12.1. The average molecular weight is 259 g/mol. The number of carboxylic acids is 1. The molecule has 4 nitrogen and oxygen atoms in total. The normalized spacial score (nSPS) is 11.8. The predicted molar refractivity (Wildman–Crippen MR) is 56.7 cm³/mol. The van der Waals surface area contributed by atoms with Gasteiger partial charge in [0.1, 0.15) is 11.4 Å². The van der Waals surface area contributed by atoms with Crippen LogP contribution in [0.25, 0.3) is 10.9 Å². The number of halogens is 3. The average Bonchev–Trinajstić information content (AvgIpc) is 2.58. The standard InChI is InChI=1S/C11H8F3NO3/c1-5-2-7(18-11(12,13)14)3-6-4-8(10(16)17)15-9(5)6/h2-4,15H,1H3,(H,16,17). The lowest BCUT2D eigenvalue weighted by Crippen LogP contribution is -2.17. The van der Waals surface area contributed by atoms with Crippen LogP contribution in [-0.4, -0.2) is 22.4 Å². The molecule has 2 N–H and O–H groups in total. The van der Waals surface area contributed by atoms with Gasteiger partial charge >= 0.3 is 12.3 Å². The molecule has 1 heterocycles. The van der Waals surface area contributed by atoms with Gasteiger partial charge in [0.05, 0.1) is 0 Å². The van der Waals surface area contributed by atoms with E-state index in [9.17, 15) is 18.0 Å². The summed E-state index contributed by atoms with van der Waals surface area (Å²) in [6.45, 7) is 1.56. The van der Waals surface area contributed by atoms with Crippen LogP contribution in [0.5, 0.6) is 5.75 Å². The van der Waals surface area contributed by atoms with Gasteiger partial charge in [-0.15, -0.1) is 13.2 Å². The molecular weight excluding hydrogens is 251 g/mol. The number of hydrogen-bond acceptors (Lipinski definition) is 2. The monoisotopic (exact) mass is 259 g/mol. The fourth-order valence-electron chi connectivity index (χ4n) is 1.70. The minimum atomic E-state index is -4.77. The van der Waals surface area contributed by atoms with Gasteiger partial charge < -0.3 is 14.8 Å². The van der Waals surface area contributed by atoms with Crippen LogP contribution >= 0.6 is 0 Å². The van der Waals surface area contributed by atoms with E-state index in [2.05, 4.69) is 9.72 Å². The van der Waals surface area contributed by atoms with Gasteiger partial charge in [-0.2, -0.15) is 0 Å². The summed E-state index contributed by atoms with van der Waals surface area (Å²) in [6.07, 6.45) is -4.77. The van der Waals surface area contributed by atoms with E-state index in [1.807, 2.05) is 0 Å². The molecule has 0 saturated carbocycles. The number of aromatic nitrogens is 1. The van der Waals surface area contributed by atoms with Crippen molar-refractivity contribution in [2.24, 2.45) is 0 Å². The van der Waals surface area contributed by atoms with E-state index in [0.717, 1.165) is 6.07 Å². The quantitative estimate of drug-likeness (QED) is 0.871. The molecule has 0 spiro atoms. The molecule has 0 aliphatic carbocycles. The van der Waals surface area contributed by atoms with E-state index < -0.39 is 12.3 Å². The Labute approximate surface area is 99.0 Å². The molecular formula is C11H8F3NO3. The van der Waals surface area contributed by atoms with Crippen LogP contribution in [0.1, 0.15) is 16.1 Å². The highest BCUT2D eigenvalue weighted by molar-refractivity contribution is 5.95. The van der Waals surface area contributed by atoms with Gasteiger partial charge in [0, 0.05) is 10.9 Å². The SMILES string of the molecule is Cc1cc(OC(F)(F)F)cc2cc(C(=O)O)[nH]c12. The first-order chi connectivity index (χ1) is 8.26. The summed E-state index contributed by atoms with van der Waals surface area (Å²) >= 11 is 0. The Morgan fingerprint density at radius 2 is 2.00 bits per heavy atom. The Balaban J connectivity index is 2.51. The number of carbonyl (C=O) groups is 1. The molecule has 2 aromatic rings. The van der Waals surface area contributed by atoms with Crippen molar-refractivity contribution in [1.29, 1.82) is 0 Å². The van der Waals surface area contributed by atoms with Crippen LogP contribution < -0.4 is 4.74 Å². The number of hydrogen-bond donors (Lipinski definition) is 2. The zero-order chi connectivity index (χ0) is 13.5. The van der Waals surface area contributed by atoms with Crippen molar-refractivity contribution in [3.05, 3.63) is 29.5 Å². The second kappa shape index (κ2) is 3.94. The molecule has 0 aliphatic rings. The molecule has 0 saturated heterocycles. The molecule has 2 rings (SSSR count). The van der Waals surface area contributed by atoms with Crippen LogP contribution in [0.2, 0.25) is 0 Å². The molecule has 0 aliphatic heterocycles. The maximum Gasteiger partial charge on any atom is 0.573 e. The minimum Gasteiger partial charge on any atom is -0.477 e. The maximum atomic E-state index is 12.1. The smallest absolute Gasteiger partial charge is 0.477 e. The van der Waals surface area contributed by atoms with Crippen LogP contribution in [0, 0.1) is 6.92 Å². The number of aromatic carboxylic acids is 1. The second-order valence-corrected chi connectivity index (χ2v) is 3.74. The van der Waals surface area contributed by atoms with Crippen molar-refractivity contribution in [2.75, 3.05) is 0 Å². The number of H-pyrrole nitrogens is 1. The number of rotatable bonds is 2. The molecule has 0 atom stereocenters. The van der Waals surface area contributed by atoms with E-state index in [-0.39, 0.29) is 11.4 Å². The van der Waals surface area contributed by atoms with E-state index >= 15 is 0 Å². The van der Waals surface area contributed by atoms with E-state index in [1.165, 1.54) is 12.1 Å². The van der Waals surface area contributed by atoms with Gasteiger partial charge in [-0.3, -0.25) is 0 Å². The Hall–Kier alpha value is -2.18. The van der Waals surface area contributed by atoms with Crippen LogP contribution in [-0.2, 0) is 0 Å². The Morgan fingerprint density at radius 1 is 1.33 bits per heavy atom. The summed E-state index contributed by atoms with van der Waals surface area (Å²) in [5, 5.41) is 9.14. The number of nitrogens with one attached hydrogen (secondary N) is 1. The summed E-state index contributed by atoms with van der Waals surface area (Å²) in [6, 6.07) is 3.59. The van der Waals surface area contributed by atoms with Gasteiger partial charge in [0.2, 0.25) is 0 Å². The number of carboxylic acid groups (broad SMARTS) is 1. The number of fused-ring (bicyclic) bond motifs is 1. The van der Waals surface area contributed by atoms with Gasteiger partial charge in [0.15, 0.2) is 0 Å². The van der Waals surface area contributed by atoms with Crippen molar-refractivity contribution < 1.29 is 27.8 Å². The lowest BCUT2D eigenvalue weighted by Gasteiger charge is -2.09. The van der Waals surface area contributed by atoms with Crippen molar-refractivity contribution >= 4 is 16.9 Å². The van der Waals surface area contributed by atoms with Gasteiger partial charge in [-0.25, -0.2) is 4.79 Å². The lowest BCUT2D eigenvalue weighted by molar-refractivity contribution is -0.274. The molecule has 96 valence electrons. The number of benzene rings is 1. The fourth-order valence-corrected chi connectivity index (χ4v) is 1.70. The topological polar surface area (TPSA) is 62.3 Å². The van der Waals surface area contributed by atoms with Crippen molar-refractivity contribution in [3.8, 4) is 5.75 Å². The number of aromatic amines is 1. The van der Waals surface area contributed by atoms with Crippen molar-refractivity contribution in [2.45, 2.75) is 13.3 Å². The summed E-state index contributed by atoms with van der Waals surface area (Å²) in [5.74, 6) is -1.55. The molecule has 1 aromatic carbocycles. The number of alkyl halides is 3. The second-order valence-electron chi connectivity index (χ2n) is 3.74. The first-order valence-corrected chi connectivity index (χ1v) is 4.88. The van der Waals surface area contributed by atoms with Crippen molar-refractivity contribution in [3.63, 3.8) is 0 Å². The van der Waals surface area contributed by atoms with Crippen LogP contribution in [0.15, 0.2) is 18.2 Å². The van der Waals surface area contributed by atoms with E-state index in [0.29, 0.717) is 16.5 Å². The summed E-state index contributed by atoms with van der Waals surface area (Å²) < 4.78 is 40.0. The van der Waals surface area contributed by atoms with E-state index in [1.54, 1.807) is 6.92 Å². The zero-order valence-electron chi connectivity index (χ0n) is 9.13. The zero-order valence-corrected chi connectivity index (χ0v) is 9.13. The molecule has 0 unspecified atom stereocenters. The summed E-state index contributed by atoms with van der Waals surface area (Å²) in [4.78, 5) is 13.4. The molecule has 18 heavy (non-hydrogen) atoms. The third-order valence-electron chi connectivity index (χ3n) is 2.36. The third-order valence-corrected chi connectivity index (χ3v) is 2.36. The molecule has 0 bridgehead atoms. The minimum absolute atomic E-state index is 0.0859. The molecule has 7 heteroatoms. The largest absolute Gasteiger partial charge is 0.573 e. The Kier molecular flexibility index (Phi) is 2.68. The summed E-state index contributed by atoms with van der Waals surface area (Å²) in [5.41, 5.74) is 0.860. The fraction of sp³-hybridized carbons (Fsp3) is 0.182. The number of aryl methyl sites for hydroxylation is 1. The Morgan fingerprint density at radius 3 is 2.56 bits per heavy atom. The first-order valence-electron chi connectivity index (χ1n) is 4.88. The van der Waals surface area contributed by atoms with Gasteiger partial charge in [-0.05, 0) is 30.7 Å². The highest BCUT2D eigenvalue weighted by Crippen LogP contribution is 2.29. The highest BCUT2D eigenvalue weighted by atomic mass is 19.4. The highest BCUT2D eigenvalue weighted by Gasteiger charge is 2.31. The predicted octanol–water partition coefficient (Wildman–Crippen LogP) is 3.07. The van der Waals surface area contributed by atoms with Crippen LogP contribution in [0.4, 0.5) is 13.2 Å². The summed E-state index contributed by atoms with van der Waals surface area (Å²) in [7, 11) is 0. The molecule has 1 aromatic heterocycles. The number of ether oxygens (including phenoxy) is 1.